The maximum Gasteiger partial charge on any atom is 0.290 e. The fourth-order valence-electron chi connectivity index (χ4n) is 2.36. The van der Waals surface area contributed by atoms with Crippen LogP contribution >= 0.6 is 15.9 Å². The fourth-order valence-corrected chi connectivity index (χ4v) is 2.67. The average Bonchev–Trinajstić information content (AvgIpc) is 3.05. The van der Waals surface area contributed by atoms with Crippen molar-refractivity contribution < 1.29 is 14.4 Å². The Hall–Kier alpha value is -1.50. The number of amidine groups is 1. The zero-order valence-corrected chi connectivity index (χ0v) is 12.0. The molecule has 1 saturated carbocycles. The maximum absolute atomic E-state index is 12.4. The summed E-state index contributed by atoms with van der Waals surface area (Å²) < 4.78 is 5.79. The van der Waals surface area contributed by atoms with Gasteiger partial charge in [0.05, 0.1) is 6.54 Å². The first-order chi connectivity index (χ1) is 9.11. The largest absolute Gasteiger partial charge is 0.444 e. The van der Waals surface area contributed by atoms with E-state index in [1.807, 2.05) is 0 Å². The molecule has 2 rings (SSSR count). The van der Waals surface area contributed by atoms with E-state index in [0.29, 0.717) is 4.67 Å². The predicted molar refractivity (Wildman–Crippen MR) is 73.1 cm³/mol. The third kappa shape index (κ3) is 3.28. The molecule has 0 radical (unpaired) electrons. The van der Waals surface area contributed by atoms with Gasteiger partial charge >= 0.3 is 0 Å². The summed E-state index contributed by atoms with van der Waals surface area (Å²) >= 11 is 3.17. The van der Waals surface area contributed by atoms with Crippen molar-refractivity contribution in [1.29, 1.82) is 0 Å². The lowest BCUT2D eigenvalue weighted by molar-refractivity contribution is 0.0678. The highest BCUT2D eigenvalue weighted by Crippen LogP contribution is 2.25. The Balaban J connectivity index is 2.18. The van der Waals surface area contributed by atoms with Crippen molar-refractivity contribution in [2.45, 2.75) is 31.7 Å². The lowest BCUT2D eigenvalue weighted by Crippen LogP contribution is -2.44. The highest BCUT2D eigenvalue weighted by atomic mass is 79.9. The summed E-state index contributed by atoms with van der Waals surface area (Å²) in [5.74, 6) is 0.0413. The third-order valence-corrected chi connectivity index (χ3v) is 3.70. The van der Waals surface area contributed by atoms with Gasteiger partial charge in [-0.15, -0.1) is 0 Å². The summed E-state index contributed by atoms with van der Waals surface area (Å²) in [4.78, 5) is 14.0. The van der Waals surface area contributed by atoms with Gasteiger partial charge in [-0.2, -0.15) is 0 Å². The number of hydrogen-bond donors (Lipinski definition) is 2. The summed E-state index contributed by atoms with van der Waals surface area (Å²) in [6, 6.07) is 3.40. The Bertz CT molecular complexity index is 480. The number of oxime groups is 1. The second-order valence-electron chi connectivity index (χ2n) is 4.57. The quantitative estimate of drug-likeness (QED) is 0.383. The molecule has 0 atom stereocenters. The molecular formula is C12H16BrN3O3. The van der Waals surface area contributed by atoms with E-state index < -0.39 is 0 Å². The molecule has 0 unspecified atom stereocenters. The van der Waals surface area contributed by atoms with Gasteiger partial charge in [-0.1, -0.05) is 18.0 Å². The molecule has 0 aliphatic heterocycles. The van der Waals surface area contributed by atoms with Crippen LogP contribution in [0.3, 0.4) is 0 Å². The van der Waals surface area contributed by atoms with Crippen LogP contribution in [-0.4, -0.2) is 34.4 Å². The first-order valence-corrected chi connectivity index (χ1v) is 6.94. The molecule has 1 amide bonds. The number of furan rings is 1. The molecule has 0 bridgehead atoms. The van der Waals surface area contributed by atoms with Gasteiger partial charge in [0.15, 0.2) is 16.3 Å². The maximum atomic E-state index is 12.4. The standard InChI is InChI=1S/C12H16BrN3O3/c13-10-6-5-9(19-10)12(17)16(7-11(14)15-18)8-3-1-2-4-8/h5-6,8,18H,1-4,7H2,(H2,14,15). The molecule has 1 aliphatic rings. The van der Waals surface area contributed by atoms with Crippen LogP contribution in [0.25, 0.3) is 0 Å². The molecule has 0 aromatic carbocycles. The summed E-state index contributed by atoms with van der Waals surface area (Å²) in [6.45, 7) is 0.109. The van der Waals surface area contributed by atoms with Crippen LogP contribution in [-0.2, 0) is 0 Å². The summed E-state index contributed by atoms with van der Waals surface area (Å²) in [5, 5.41) is 11.6. The molecule has 7 heteroatoms. The van der Waals surface area contributed by atoms with Gasteiger partial charge in [0.2, 0.25) is 0 Å². The zero-order valence-electron chi connectivity index (χ0n) is 10.4. The molecule has 104 valence electrons. The normalized spacial score (nSPS) is 16.8. The molecule has 1 fully saturated rings. The molecule has 1 heterocycles. The zero-order chi connectivity index (χ0) is 13.8. The molecule has 6 nitrogen and oxygen atoms in total. The minimum Gasteiger partial charge on any atom is -0.444 e. The Morgan fingerprint density at radius 2 is 2.21 bits per heavy atom. The van der Waals surface area contributed by atoms with Crippen molar-refractivity contribution in [3.8, 4) is 0 Å². The third-order valence-electron chi connectivity index (χ3n) is 3.27. The number of amides is 1. The average molecular weight is 330 g/mol. The van der Waals surface area contributed by atoms with Gasteiger partial charge in [-0.05, 0) is 40.9 Å². The highest BCUT2D eigenvalue weighted by Gasteiger charge is 2.29. The van der Waals surface area contributed by atoms with Gasteiger partial charge in [-0.3, -0.25) is 4.79 Å². The number of carbonyl (C=O) groups excluding carboxylic acids is 1. The highest BCUT2D eigenvalue weighted by molar-refractivity contribution is 9.10. The van der Waals surface area contributed by atoms with Crippen LogP contribution in [0.2, 0.25) is 0 Å². The van der Waals surface area contributed by atoms with Crippen molar-refractivity contribution in [3.05, 3.63) is 22.6 Å². The molecule has 1 aromatic heterocycles. The monoisotopic (exact) mass is 329 g/mol. The molecule has 1 aliphatic carbocycles. The van der Waals surface area contributed by atoms with E-state index in [9.17, 15) is 4.79 Å². The molecule has 19 heavy (non-hydrogen) atoms. The van der Waals surface area contributed by atoms with Crippen molar-refractivity contribution in [2.75, 3.05) is 6.54 Å². The minimum atomic E-state index is -0.232. The lowest BCUT2D eigenvalue weighted by Gasteiger charge is -2.27. The summed E-state index contributed by atoms with van der Waals surface area (Å²) in [6.07, 6.45) is 4.05. The second kappa shape index (κ2) is 6.10. The second-order valence-corrected chi connectivity index (χ2v) is 5.35. The van der Waals surface area contributed by atoms with Crippen molar-refractivity contribution in [1.82, 2.24) is 4.90 Å². The summed E-state index contributed by atoms with van der Waals surface area (Å²) in [7, 11) is 0. The SMILES string of the molecule is NC(CN(C(=O)c1ccc(Br)o1)C1CCCC1)=NO. The molecular weight excluding hydrogens is 314 g/mol. The number of hydrogen-bond acceptors (Lipinski definition) is 4. The minimum absolute atomic E-state index is 0.0193. The smallest absolute Gasteiger partial charge is 0.290 e. The van der Waals surface area contributed by atoms with Gasteiger partial charge in [0.25, 0.3) is 5.91 Å². The van der Waals surface area contributed by atoms with E-state index in [0.717, 1.165) is 25.7 Å². The Kier molecular flexibility index (Phi) is 4.47. The summed E-state index contributed by atoms with van der Waals surface area (Å²) in [5.41, 5.74) is 5.53. The van der Waals surface area contributed by atoms with Crippen LogP contribution < -0.4 is 5.73 Å². The number of nitrogens with zero attached hydrogens (tertiary/aromatic N) is 2. The Morgan fingerprint density at radius 1 is 1.53 bits per heavy atom. The molecule has 0 spiro atoms. The molecule has 3 N–H and O–H groups in total. The van der Waals surface area contributed by atoms with Gasteiger partial charge in [0, 0.05) is 6.04 Å². The van der Waals surface area contributed by atoms with E-state index in [4.69, 9.17) is 15.4 Å². The van der Waals surface area contributed by atoms with Crippen LogP contribution in [0.5, 0.6) is 0 Å². The predicted octanol–water partition coefficient (Wildman–Crippen LogP) is 2.17. The van der Waals surface area contributed by atoms with E-state index in [2.05, 4.69) is 21.1 Å². The van der Waals surface area contributed by atoms with Crippen LogP contribution in [0.1, 0.15) is 36.2 Å². The van der Waals surface area contributed by atoms with Crippen LogP contribution in [0.4, 0.5) is 0 Å². The molecule has 0 saturated heterocycles. The van der Waals surface area contributed by atoms with E-state index in [1.54, 1.807) is 17.0 Å². The fraction of sp³-hybridized carbons (Fsp3) is 0.500. The van der Waals surface area contributed by atoms with Gasteiger partial charge in [0.1, 0.15) is 0 Å². The number of nitrogens with two attached hydrogens (primary N) is 1. The van der Waals surface area contributed by atoms with Crippen molar-refractivity contribution in [3.63, 3.8) is 0 Å². The first-order valence-electron chi connectivity index (χ1n) is 6.14. The number of rotatable bonds is 4. The Labute approximate surface area is 119 Å². The van der Waals surface area contributed by atoms with Crippen molar-refractivity contribution >= 4 is 27.7 Å². The lowest BCUT2D eigenvalue weighted by atomic mass is 10.2. The Morgan fingerprint density at radius 3 is 2.74 bits per heavy atom. The number of halogens is 1. The topological polar surface area (TPSA) is 92.1 Å². The number of carbonyl (C=O) groups is 1. The van der Waals surface area contributed by atoms with E-state index >= 15 is 0 Å². The van der Waals surface area contributed by atoms with Crippen molar-refractivity contribution in [2.24, 2.45) is 10.9 Å². The first kappa shape index (κ1) is 13.9. The van der Waals surface area contributed by atoms with E-state index in [-0.39, 0.29) is 30.1 Å². The van der Waals surface area contributed by atoms with E-state index in [1.165, 1.54) is 0 Å². The van der Waals surface area contributed by atoms with Gasteiger partial charge < -0.3 is 20.3 Å². The molecule has 1 aromatic rings. The van der Waals surface area contributed by atoms with Gasteiger partial charge in [-0.25, -0.2) is 0 Å². The van der Waals surface area contributed by atoms with Crippen LogP contribution in [0.15, 0.2) is 26.4 Å². The van der Waals surface area contributed by atoms with Crippen LogP contribution in [0, 0.1) is 0 Å².